The Hall–Kier alpha value is -3.81. The lowest BCUT2D eigenvalue weighted by molar-refractivity contribution is 0.0935. The molecular weight excluding hydrogens is 424 g/mol. The molecule has 1 N–H and O–H groups in total. The van der Waals surface area contributed by atoms with Crippen molar-refractivity contribution in [3.63, 3.8) is 0 Å². The van der Waals surface area contributed by atoms with Gasteiger partial charge in [-0.15, -0.1) is 5.10 Å². The van der Waals surface area contributed by atoms with Gasteiger partial charge in [-0.05, 0) is 67.3 Å². The number of hydrogen-bond acceptors (Lipinski definition) is 4. The molecule has 33 heavy (non-hydrogen) atoms. The first-order valence-electron chi connectivity index (χ1n) is 10.9. The summed E-state index contributed by atoms with van der Waals surface area (Å²) in [5, 5.41) is 7.56. The van der Waals surface area contributed by atoms with Crippen LogP contribution in [0, 0.1) is 11.6 Å². The van der Waals surface area contributed by atoms with Gasteiger partial charge in [0, 0.05) is 6.54 Å². The molecule has 0 saturated carbocycles. The zero-order valence-corrected chi connectivity index (χ0v) is 18.1. The van der Waals surface area contributed by atoms with E-state index in [1.165, 1.54) is 18.2 Å². The molecule has 168 valence electrons. The molecule has 0 bridgehead atoms. The highest BCUT2D eigenvalue weighted by molar-refractivity contribution is 5.93. The minimum atomic E-state index is -0.335. The van der Waals surface area contributed by atoms with Crippen molar-refractivity contribution in [3.05, 3.63) is 95.3 Å². The second kappa shape index (κ2) is 8.61. The van der Waals surface area contributed by atoms with Gasteiger partial charge in [0.15, 0.2) is 5.65 Å². The van der Waals surface area contributed by atoms with Gasteiger partial charge in [-0.2, -0.15) is 0 Å². The van der Waals surface area contributed by atoms with E-state index in [1.807, 2.05) is 25.1 Å². The number of imidazole rings is 1. The molecule has 3 heterocycles. The Morgan fingerprint density at radius 2 is 1.91 bits per heavy atom. The SMILES string of the molecule is CC(NC(=O)c1cn2nc(N3CCC[C@@H]3c3cccc(F)c3)ccc2n1)c1ccc(F)cc1. The van der Waals surface area contributed by atoms with E-state index in [0.717, 1.165) is 36.3 Å². The first-order valence-corrected chi connectivity index (χ1v) is 10.9. The number of rotatable bonds is 5. The molecule has 5 rings (SSSR count). The number of hydrogen-bond donors (Lipinski definition) is 1. The Kier molecular flexibility index (Phi) is 5.50. The van der Waals surface area contributed by atoms with Gasteiger partial charge in [0.2, 0.25) is 0 Å². The summed E-state index contributed by atoms with van der Waals surface area (Å²) in [6, 6.07) is 16.1. The van der Waals surface area contributed by atoms with Gasteiger partial charge in [0.1, 0.15) is 23.1 Å². The van der Waals surface area contributed by atoms with Crippen LogP contribution in [-0.4, -0.2) is 27.0 Å². The average molecular weight is 447 g/mol. The Morgan fingerprint density at radius 1 is 1.09 bits per heavy atom. The highest BCUT2D eigenvalue weighted by Crippen LogP contribution is 2.35. The van der Waals surface area contributed by atoms with E-state index in [1.54, 1.807) is 35.0 Å². The lowest BCUT2D eigenvalue weighted by atomic mass is 10.0. The molecule has 1 saturated heterocycles. The summed E-state index contributed by atoms with van der Waals surface area (Å²) in [7, 11) is 0. The van der Waals surface area contributed by atoms with Crippen molar-refractivity contribution in [1.29, 1.82) is 0 Å². The Bertz CT molecular complexity index is 1300. The molecule has 2 aromatic heterocycles. The fraction of sp³-hybridized carbons (Fsp3) is 0.240. The maximum atomic E-state index is 13.8. The van der Waals surface area contributed by atoms with Crippen LogP contribution in [0.4, 0.5) is 14.6 Å². The summed E-state index contributed by atoms with van der Waals surface area (Å²) < 4.78 is 28.5. The molecule has 2 aromatic carbocycles. The van der Waals surface area contributed by atoms with Crippen LogP contribution < -0.4 is 10.2 Å². The van der Waals surface area contributed by atoms with E-state index < -0.39 is 0 Å². The van der Waals surface area contributed by atoms with Crippen LogP contribution in [0.15, 0.2) is 66.9 Å². The molecule has 6 nitrogen and oxygen atoms in total. The minimum absolute atomic E-state index is 0.0495. The molecule has 2 atom stereocenters. The van der Waals surface area contributed by atoms with Crippen molar-refractivity contribution in [1.82, 2.24) is 19.9 Å². The minimum Gasteiger partial charge on any atom is -0.348 e. The van der Waals surface area contributed by atoms with Gasteiger partial charge >= 0.3 is 0 Å². The normalized spacial score (nSPS) is 16.8. The number of aromatic nitrogens is 3. The first-order chi connectivity index (χ1) is 16.0. The van der Waals surface area contributed by atoms with Crippen molar-refractivity contribution in [2.24, 2.45) is 0 Å². The summed E-state index contributed by atoms with van der Waals surface area (Å²) in [6.07, 6.45) is 3.50. The second-order valence-corrected chi connectivity index (χ2v) is 8.27. The molecule has 1 unspecified atom stereocenters. The number of carbonyl (C=O) groups excluding carboxylic acids is 1. The molecular formula is C25H23F2N5O. The van der Waals surface area contributed by atoms with E-state index in [-0.39, 0.29) is 35.3 Å². The standard InChI is InChI=1S/C25H23F2N5O/c1-16(17-7-9-19(26)10-8-17)28-25(33)21-15-32-23(29-21)11-12-24(30-32)31-13-3-6-22(31)18-4-2-5-20(27)14-18/h2,4-5,7-12,14-16,22H,3,6,13H2,1H3,(H,28,33)/t16?,22-/m1/s1. The van der Waals surface area contributed by atoms with E-state index in [0.29, 0.717) is 5.65 Å². The van der Waals surface area contributed by atoms with Gasteiger partial charge in [-0.1, -0.05) is 24.3 Å². The Morgan fingerprint density at radius 3 is 2.70 bits per heavy atom. The fourth-order valence-corrected chi connectivity index (χ4v) is 4.34. The molecule has 4 aromatic rings. The number of fused-ring (bicyclic) bond motifs is 1. The average Bonchev–Trinajstić information content (AvgIpc) is 3.46. The van der Waals surface area contributed by atoms with E-state index >= 15 is 0 Å². The smallest absolute Gasteiger partial charge is 0.272 e. The number of anilines is 1. The molecule has 0 radical (unpaired) electrons. The predicted octanol–water partition coefficient (Wildman–Crippen LogP) is 4.84. The third-order valence-electron chi connectivity index (χ3n) is 6.04. The zero-order valence-electron chi connectivity index (χ0n) is 18.1. The van der Waals surface area contributed by atoms with Crippen molar-refractivity contribution < 1.29 is 13.6 Å². The quantitative estimate of drug-likeness (QED) is 0.476. The Balaban J connectivity index is 1.36. The molecule has 1 amide bonds. The summed E-state index contributed by atoms with van der Waals surface area (Å²) in [4.78, 5) is 19.3. The van der Waals surface area contributed by atoms with Crippen molar-refractivity contribution in [2.75, 3.05) is 11.4 Å². The van der Waals surface area contributed by atoms with Crippen LogP contribution in [-0.2, 0) is 0 Å². The summed E-state index contributed by atoms with van der Waals surface area (Å²) in [5.74, 6) is -0.156. The first kappa shape index (κ1) is 21.1. The third-order valence-corrected chi connectivity index (χ3v) is 6.04. The maximum Gasteiger partial charge on any atom is 0.272 e. The predicted molar refractivity (Wildman–Crippen MR) is 121 cm³/mol. The Labute approximate surface area is 189 Å². The largest absolute Gasteiger partial charge is 0.348 e. The van der Waals surface area contributed by atoms with E-state index in [4.69, 9.17) is 0 Å². The number of halogens is 2. The van der Waals surface area contributed by atoms with Crippen LogP contribution in [0.25, 0.3) is 5.65 Å². The number of carbonyl (C=O) groups is 1. The van der Waals surface area contributed by atoms with Gasteiger partial charge in [0.25, 0.3) is 5.91 Å². The molecule has 1 aliphatic rings. The van der Waals surface area contributed by atoms with Crippen LogP contribution in [0.1, 0.15) is 53.5 Å². The van der Waals surface area contributed by atoms with E-state index in [9.17, 15) is 13.6 Å². The maximum absolute atomic E-state index is 13.8. The summed E-state index contributed by atoms with van der Waals surface area (Å²) >= 11 is 0. The van der Waals surface area contributed by atoms with Crippen molar-refractivity contribution >= 4 is 17.4 Å². The van der Waals surface area contributed by atoms with Gasteiger partial charge in [-0.25, -0.2) is 18.3 Å². The van der Waals surface area contributed by atoms with Gasteiger partial charge in [0.05, 0.1) is 18.3 Å². The van der Waals surface area contributed by atoms with Crippen LogP contribution >= 0.6 is 0 Å². The lowest BCUT2D eigenvalue weighted by Crippen LogP contribution is -2.26. The van der Waals surface area contributed by atoms with Crippen LogP contribution in [0.3, 0.4) is 0 Å². The topological polar surface area (TPSA) is 62.5 Å². The van der Waals surface area contributed by atoms with Crippen molar-refractivity contribution in [2.45, 2.75) is 31.8 Å². The highest BCUT2D eigenvalue weighted by Gasteiger charge is 2.28. The fourth-order valence-electron chi connectivity index (χ4n) is 4.34. The number of nitrogens with zero attached hydrogens (tertiary/aromatic N) is 4. The van der Waals surface area contributed by atoms with E-state index in [2.05, 4.69) is 20.3 Å². The number of benzene rings is 2. The molecule has 0 aliphatic carbocycles. The zero-order chi connectivity index (χ0) is 22.9. The molecule has 1 fully saturated rings. The third kappa shape index (κ3) is 4.28. The molecule has 8 heteroatoms. The van der Waals surface area contributed by atoms with Crippen molar-refractivity contribution in [3.8, 4) is 0 Å². The van der Waals surface area contributed by atoms with Crippen LogP contribution in [0.5, 0.6) is 0 Å². The molecule has 1 aliphatic heterocycles. The number of amides is 1. The number of nitrogens with one attached hydrogen (secondary N) is 1. The van der Waals surface area contributed by atoms with Gasteiger partial charge in [-0.3, -0.25) is 4.79 Å². The second-order valence-electron chi connectivity index (χ2n) is 8.27. The molecule has 0 spiro atoms. The lowest BCUT2D eigenvalue weighted by Gasteiger charge is -2.26. The highest BCUT2D eigenvalue weighted by atomic mass is 19.1. The summed E-state index contributed by atoms with van der Waals surface area (Å²) in [6.45, 7) is 2.65. The monoisotopic (exact) mass is 447 g/mol. The summed E-state index contributed by atoms with van der Waals surface area (Å²) in [5.41, 5.74) is 2.53. The van der Waals surface area contributed by atoms with Crippen LogP contribution in [0.2, 0.25) is 0 Å². The van der Waals surface area contributed by atoms with Gasteiger partial charge < -0.3 is 10.2 Å².